The second-order valence-corrected chi connectivity index (χ2v) is 12.8. The smallest absolute Gasteiger partial charge is 0.338 e. The summed E-state index contributed by atoms with van der Waals surface area (Å²) in [7, 11) is 0. The zero-order chi connectivity index (χ0) is 24.8. The highest BCUT2D eigenvalue weighted by Gasteiger charge is 2.60. The molecule has 5 heteroatoms. The van der Waals surface area contributed by atoms with Crippen molar-refractivity contribution in [2.45, 2.75) is 91.1 Å². The number of carbonyl (C=O) groups excluding carboxylic acids is 2. The lowest BCUT2D eigenvalue weighted by Gasteiger charge is -2.61. The van der Waals surface area contributed by atoms with E-state index in [4.69, 9.17) is 9.94 Å². The van der Waals surface area contributed by atoms with Crippen LogP contribution in [0.2, 0.25) is 0 Å². The molecule has 1 amide bonds. The van der Waals surface area contributed by atoms with Crippen molar-refractivity contribution in [3.63, 3.8) is 0 Å². The van der Waals surface area contributed by atoms with E-state index >= 15 is 0 Å². The van der Waals surface area contributed by atoms with E-state index in [1.54, 1.807) is 0 Å². The lowest BCUT2D eigenvalue weighted by atomic mass is 9.44. The average Bonchev–Trinajstić information content (AvgIpc) is 3.22. The van der Waals surface area contributed by atoms with Crippen molar-refractivity contribution in [3.05, 3.63) is 35.9 Å². The van der Waals surface area contributed by atoms with E-state index in [9.17, 15) is 9.59 Å². The summed E-state index contributed by atoms with van der Waals surface area (Å²) in [5, 5.41) is 9.01. The third kappa shape index (κ3) is 4.32. The fourth-order valence-corrected chi connectivity index (χ4v) is 9.58. The number of hydrogen-bond acceptors (Lipinski definition) is 4. The molecule has 2 N–H and O–H groups in total. The molecular formula is C30H43NO4. The third-order valence-electron chi connectivity index (χ3n) is 11.3. The van der Waals surface area contributed by atoms with Crippen LogP contribution in [0.5, 0.6) is 0 Å². The van der Waals surface area contributed by atoms with Crippen molar-refractivity contribution >= 4 is 11.9 Å². The number of hydrogen-bond donors (Lipinski definition) is 2. The maximum Gasteiger partial charge on any atom is 0.338 e. The van der Waals surface area contributed by atoms with Crippen molar-refractivity contribution in [2.75, 3.05) is 0 Å². The Morgan fingerprint density at radius 1 is 1.00 bits per heavy atom. The number of nitrogens with one attached hydrogen (secondary N) is 1. The number of amides is 1. The van der Waals surface area contributed by atoms with Crippen LogP contribution in [0, 0.1) is 46.3 Å². The molecule has 4 aliphatic carbocycles. The van der Waals surface area contributed by atoms with E-state index < -0.39 is 0 Å². The van der Waals surface area contributed by atoms with Crippen LogP contribution in [-0.2, 0) is 9.53 Å². The minimum atomic E-state index is -0.254. The Morgan fingerprint density at radius 3 is 2.46 bits per heavy atom. The minimum absolute atomic E-state index is 0.0422. The zero-order valence-electron chi connectivity index (χ0n) is 21.7. The quantitative estimate of drug-likeness (QED) is 0.290. The Morgan fingerprint density at radius 2 is 1.71 bits per heavy atom. The van der Waals surface area contributed by atoms with Crippen LogP contribution >= 0.6 is 0 Å². The molecule has 192 valence electrons. The molecule has 0 aromatic heterocycles. The largest absolute Gasteiger partial charge is 0.459 e. The van der Waals surface area contributed by atoms with Gasteiger partial charge in [0.25, 0.3) is 0 Å². The predicted molar refractivity (Wildman–Crippen MR) is 135 cm³/mol. The number of benzene rings is 1. The third-order valence-corrected chi connectivity index (χ3v) is 11.3. The van der Waals surface area contributed by atoms with Crippen LogP contribution in [-0.4, -0.2) is 23.2 Å². The highest BCUT2D eigenvalue weighted by molar-refractivity contribution is 5.89. The molecule has 0 aliphatic heterocycles. The summed E-state index contributed by atoms with van der Waals surface area (Å²) in [6.07, 6.45) is 11.2. The van der Waals surface area contributed by atoms with Crippen molar-refractivity contribution in [3.8, 4) is 0 Å². The number of fused-ring (bicyclic) bond motifs is 5. The molecule has 0 bridgehead atoms. The molecule has 35 heavy (non-hydrogen) atoms. The van der Waals surface area contributed by atoms with Gasteiger partial charge in [0, 0.05) is 6.42 Å². The summed E-state index contributed by atoms with van der Waals surface area (Å²) in [4.78, 5) is 24.5. The second-order valence-electron chi connectivity index (χ2n) is 12.8. The van der Waals surface area contributed by atoms with Gasteiger partial charge in [-0.1, -0.05) is 39.0 Å². The van der Waals surface area contributed by atoms with Crippen LogP contribution in [0.1, 0.15) is 95.3 Å². The van der Waals surface area contributed by atoms with Gasteiger partial charge in [0.2, 0.25) is 5.91 Å². The van der Waals surface area contributed by atoms with Gasteiger partial charge in [-0.15, -0.1) is 0 Å². The van der Waals surface area contributed by atoms with Gasteiger partial charge in [-0.05, 0) is 116 Å². The van der Waals surface area contributed by atoms with Crippen molar-refractivity contribution < 1.29 is 19.5 Å². The Bertz CT molecular complexity index is 934. The Labute approximate surface area is 210 Å². The summed E-state index contributed by atoms with van der Waals surface area (Å²) >= 11 is 0. The first-order valence-electron chi connectivity index (χ1n) is 13.9. The topological polar surface area (TPSA) is 75.6 Å². The fraction of sp³-hybridized carbons (Fsp3) is 0.733. The first-order valence-corrected chi connectivity index (χ1v) is 13.9. The molecule has 4 fully saturated rings. The molecule has 0 radical (unpaired) electrons. The van der Waals surface area contributed by atoms with E-state index in [1.165, 1.54) is 38.5 Å². The van der Waals surface area contributed by atoms with Gasteiger partial charge in [-0.25, -0.2) is 10.3 Å². The summed E-state index contributed by atoms with van der Waals surface area (Å²) in [6.45, 7) is 7.26. The first-order chi connectivity index (χ1) is 16.8. The van der Waals surface area contributed by atoms with E-state index in [1.807, 2.05) is 35.8 Å². The molecule has 1 aromatic carbocycles. The van der Waals surface area contributed by atoms with E-state index in [0.717, 1.165) is 37.0 Å². The van der Waals surface area contributed by atoms with Crippen molar-refractivity contribution in [2.24, 2.45) is 46.3 Å². The highest BCUT2D eigenvalue weighted by Crippen LogP contribution is 2.68. The normalized spacial score (nSPS) is 41.1. The van der Waals surface area contributed by atoms with Gasteiger partial charge in [0.05, 0.1) is 5.56 Å². The summed E-state index contributed by atoms with van der Waals surface area (Å²) in [6, 6.07) is 9.39. The van der Waals surface area contributed by atoms with Gasteiger partial charge < -0.3 is 4.74 Å². The van der Waals surface area contributed by atoms with E-state index in [-0.39, 0.29) is 18.0 Å². The average molecular weight is 482 g/mol. The number of esters is 1. The molecule has 0 heterocycles. The minimum Gasteiger partial charge on any atom is -0.459 e. The van der Waals surface area contributed by atoms with Crippen LogP contribution < -0.4 is 5.48 Å². The number of rotatable bonds is 5. The Hall–Kier alpha value is -1.88. The first kappa shape index (κ1) is 24.8. The molecule has 0 saturated heterocycles. The summed E-state index contributed by atoms with van der Waals surface area (Å²) < 4.78 is 5.98. The van der Waals surface area contributed by atoms with Gasteiger partial charge in [0.1, 0.15) is 6.10 Å². The number of ether oxygens (including phenoxy) is 1. The van der Waals surface area contributed by atoms with Crippen LogP contribution in [0.25, 0.3) is 0 Å². The van der Waals surface area contributed by atoms with Gasteiger partial charge in [0.15, 0.2) is 0 Å². The zero-order valence-corrected chi connectivity index (χ0v) is 21.7. The molecule has 5 nitrogen and oxygen atoms in total. The standard InChI is InChI=1S/C30H43NO4/c1-19(17-27(32)31-34)24-11-12-25-23-10-9-21-18-22(35-28(33)20-7-5-4-6-8-20)13-15-29(21,2)26(23)14-16-30(24,25)3/h4-8,19,21-26,34H,9-18H2,1-3H3,(H,31,32)/t19?,21?,22?,23-,24+,25-,26-,29-,30+/m0/s1. The van der Waals surface area contributed by atoms with Crippen molar-refractivity contribution in [1.82, 2.24) is 5.48 Å². The number of hydroxylamine groups is 1. The Balaban J connectivity index is 1.25. The summed E-state index contributed by atoms with van der Waals surface area (Å²) in [5.74, 6) is 3.36. The predicted octanol–water partition coefficient (Wildman–Crippen LogP) is 6.40. The highest BCUT2D eigenvalue weighted by atomic mass is 16.5. The van der Waals surface area contributed by atoms with Gasteiger partial charge in [-0.2, -0.15) is 0 Å². The molecule has 1 aromatic rings. The summed E-state index contributed by atoms with van der Waals surface area (Å²) in [5.41, 5.74) is 3.15. The van der Waals surface area contributed by atoms with Crippen LogP contribution in [0.4, 0.5) is 0 Å². The molecule has 0 spiro atoms. The molecule has 3 unspecified atom stereocenters. The fourth-order valence-electron chi connectivity index (χ4n) is 9.58. The van der Waals surface area contributed by atoms with E-state index in [2.05, 4.69) is 20.8 Å². The SMILES string of the molecule is CC(CC(=O)NO)[C@H]1CC[C@H]2[C@@H]3CCC4CC(OC(=O)c5ccccc5)CC[C@]4(C)[C@H]3CC[C@]12C. The molecule has 9 atom stereocenters. The lowest BCUT2D eigenvalue weighted by Crippen LogP contribution is -2.54. The Kier molecular flexibility index (Phi) is 6.76. The van der Waals surface area contributed by atoms with Crippen molar-refractivity contribution in [1.29, 1.82) is 0 Å². The second kappa shape index (κ2) is 9.53. The molecular weight excluding hydrogens is 438 g/mol. The molecule has 4 aliphatic rings. The van der Waals surface area contributed by atoms with Gasteiger partial charge >= 0.3 is 5.97 Å². The molecule has 4 saturated carbocycles. The molecule has 5 rings (SSSR count). The van der Waals surface area contributed by atoms with E-state index in [0.29, 0.717) is 40.6 Å². The lowest BCUT2D eigenvalue weighted by molar-refractivity contribution is -0.135. The maximum absolute atomic E-state index is 12.7. The van der Waals surface area contributed by atoms with Crippen LogP contribution in [0.15, 0.2) is 30.3 Å². The maximum atomic E-state index is 12.7. The number of carbonyl (C=O) groups is 2. The monoisotopic (exact) mass is 481 g/mol. The van der Waals surface area contributed by atoms with Gasteiger partial charge in [-0.3, -0.25) is 10.0 Å². The van der Waals surface area contributed by atoms with Crippen LogP contribution in [0.3, 0.4) is 0 Å².